The van der Waals surface area contributed by atoms with E-state index < -0.39 is 23.3 Å². The first-order valence-electron chi connectivity index (χ1n) is 14.4. The first-order valence-corrected chi connectivity index (χ1v) is 15.6. The lowest BCUT2D eigenvalue weighted by Crippen LogP contribution is -2.32. The number of carbonyl (C=O) groups excluding carboxylic acids is 4. The molecule has 0 spiro atoms. The van der Waals surface area contributed by atoms with Crippen molar-refractivity contribution in [1.29, 1.82) is 0 Å². The first kappa shape index (κ1) is 29.9. The number of non-ortho nitro benzene ring substituents is 1. The molecule has 3 aromatic carbocycles. The van der Waals surface area contributed by atoms with Crippen LogP contribution < -0.4 is 4.90 Å². The number of allylic oxidation sites excluding steroid dienone is 2. The predicted octanol–water partition coefficient (Wildman–Crippen LogP) is 6.89. The van der Waals surface area contributed by atoms with Gasteiger partial charge in [0.15, 0.2) is 6.61 Å². The van der Waals surface area contributed by atoms with Gasteiger partial charge in [0.25, 0.3) is 5.69 Å². The maximum atomic E-state index is 13.5. The minimum absolute atomic E-state index is 0.0373. The number of Topliss-reactive ketones (excluding diaryl/α,β-unsaturated/α-hetero) is 1. The van der Waals surface area contributed by atoms with Crippen molar-refractivity contribution in [3.63, 3.8) is 0 Å². The fourth-order valence-electron chi connectivity index (χ4n) is 6.80. The van der Waals surface area contributed by atoms with Gasteiger partial charge in [-0.1, -0.05) is 48.0 Å². The summed E-state index contributed by atoms with van der Waals surface area (Å²) in [7, 11) is 0. The van der Waals surface area contributed by atoms with E-state index in [2.05, 4.69) is 15.9 Å². The van der Waals surface area contributed by atoms with E-state index in [4.69, 9.17) is 21.3 Å². The van der Waals surface area contributed by atoms with Crippen molar-refractivity contribution < 1.29 is 28.8 Å². The second-order valence-corrected chi connectivity index (χ2v) is 12.8. The second-order valence-electron chi connectivity index (χ2n) is 11.6. The standard InChI is InChI=1S/C34H23BrClN3O7/c1-16-30(36)25(35)13-23-24(34(43)46-15-27(40)18-3-2-4-22(12-18)39(44)45)14-26(37-31(16)23)17-7-9-21(10-8-17)38-32(41)28-19-5-6-20(11-19)29(28)33(38)42/h2-10,12-14,19-20,28-29H,11,15H2,1H3. The van der Waals surface area contributed by atoms with Crippen LogP contribution in [0.15, 0.2) is 77.3 Å². The van der Waals surface area contributed by atoms with Crippen molar-refractivity contribution in [2.45, 2.75) is 13.3 Å². The van der Waals surface area contributed by atoms with Crippen molar-refractivity contribution in [2.24, 2.45) is 23.7 Å². The number of carbonyl (C=O) groups is 4. The smallest absolute Gasteiger partial charge is 0.339 e. The second kappa shape index (κ2) is 11.3. The van der Waals surface area contributed by atoms with Crippen molar-refractivity contribution >= 4 is 73.4 Å². The maximum Gasteiger partial charge on any atom is 0.339 e. The molecule has 1 saturated heterocycles. The number of benzene rings is 3. The Morgan fingerprint density at radius 3 is 2.37 bits per heavy atom. The minimum Gasteiger partial charge on any atom is -0.454 e. The largest absolute Gasteiger partial charge is 0.454 e. The highest BCUT2D eigenvalue weighted by molar-refractivity contribution is 9.10. The van der Waals surface area contributed by atoms with Crippen molar-refractivity contribution in [3.05, 3.63) is 109 Å². The van der Waals surface area contributed by atoms with E-state index in [0.717, 1.165) is 12.5 Å². The van der Waals surface area contributed by atoms with Gasteiger partial charge in [-0.2, -0.15) is 0 Å². The number of aryl methyl sites for hydroxylation is 1. The fourth-order valence-corrected chi connectivity index (χ4v) is 7.47. The molecule has 1 saturated carbocycles. The Balaban J connectivity index is 1.19. The number of ether oxygens (including phenoxy) is 1. The van der Waals surface area contributed by atoms with Gasteiger partial charge in [-0.05, 0) is 70.9 Å². The van der Waals surface area contributed by atoms with E-state index in [1.54, 1.807) is 37.3 Å². The quantitative estimate of drug-likeness (QED) is 0.0508. The first-order chi connectivity index (χ1) is 22.0. The molecule has 0 radical (unpaired) electrons. The molecule has 4 atom stereocenters. The van der Waals surface area contributed by atoms with Crippen LogP contribution in [0.2, 0.25) is 5.02 Å². The third-order valence-corrected chi connectivity index (χ3v) is 10.4. The molecular formula is C34H23BrClN3O7. The molecule has 4 aromatic rings. The van der Waals surface area contributed by atoms with Gasteiger partial charge in [-0.25, -0.2) is 9.78 Å². The maximum absolute atomic E-state index is 13.5. The van der Waals surface area contributed by atoms with Crippen LogP contribution in [-0.4, -0.2) is 40.1 Å². The van der Waals surface area contributed by atoms with Crippen molar-refractivity contribution in [2.75, 3.05) is 11.5 Å². The Labute approximate surface area is 275 Å². The van der Waals surface area contributed by atoms with E-state index in [0.29, 0.717) is 42.9 Å². The summed E-state index contributed by atoms with van der Waals surface area (Å²) in [5.41, 5.74) is 2.42. The lowest BCUT2D eigenvalue weighted by Gasteiger charge is -2.18. The Hall–Kier alpha value is -4.74. The molecule has 12 heteroatoms. The summed E-state index contributed by atoms with van der Waals surface area (Å²) in [6, 6.07) is 15.2. The van der Waals surface area contributed by atoms with Gasteiger partial charge in [-0.15, -0.1) is 0 Å². The van der Waals surface area contributed by atoms with E-state index >= 15 is 0 Å². The molecule has 4 unspecified atom stereocenters. The average Bonchev–Trinajstić information content (AvgIpc) is 3.75. The Bertz CT molecular complexity index is 2030. The number of esters is 1. The summed E-state index contributed by atoms with van der Waals surface area (Å²) in [5.74, 6) is -2.18. The third kappa shape index (κ3) is 4.81. The van der Waals surface area contributed by atoms with Gasteiger partial charge in [0, 0.05) is 33.1 Å². The number of nitro groups is 1. The van der Waals surface area contributed by atoms with E-state index in [1.165, 1.54) is 29.2 Å². The molecule has 1 aromatic heterocycles. The molecule has 2 bridgehead atoms. The highest BCUT2D eigenvalue weighted by Gasteiger charge is 2.59. The number of nitro benzene ring substituents is 1. The summed E-state index contributed by atoms with van der Waals surface area (Å²) < 4.78 is 5.94. The number of rotatable bonds is 7. The van der Waals surface area contributed by atoms with Crippen LogP contribution in [0, 0.1) is 40.7 Å². The Kier molecular flexibility index (Phi) is 7.32. The van der Waals surface area contributed by atoms with Crippen LogP contribution in [0.25, 0.3) is 22.2 Å². The van der Waals surface area contributed by atoms with Crippen LogP contribution in [0.3, 0.4) is 0 Å². The highest BCUT2D eigenvalue weighted by atomic mass is 79.9. The monoisotopic (exact) mass is 699 g/mol. The molecule has 2 heterocycles. The predicted molar refractivity (Wildman–Crippen MR) is 173 cm³/mol. The molecule has 2 amide bonds. The zero-order valence-corrected chi connectivity index (χ0v) is 26.4. The molecule has 3 aliphatic rings. The fraction of sp³-hybridized carbons (Fsp3) is 0.206. The number of pyridine rings is 1. The summed E-state index contributed by atoms with van der Waals surface area (Å²) in [4.78, 5) is 69.4. The van der Waals surface area contributed by atoms with Gasteiger partial charge >= 0.3 is 5.97 Å². The number of nitrogens with zero attached hydrogens (tertiary/aromatic N) is 3. The topological polar surface area (TPSA) is 137 Å². The molecule has 0 N–H and O–H groups in total. The van der Waals surface area contributed by atoms with Crippen LogP contribution in [0.5, 0.6) is 0 Å². The zero-order valence-electron chi connectivity index (χ0n) is 24.1. The number of fused-ring (bicyclic) bond motifs is 6. The third-order valence-electron chi connectivity index (χ3n) is 9.05. The number of hydrogen-bond donors (Lipinski definition) is 0. The number of aromatic nitrogens is 1. The van der Waals surface area contributed by atoms with Crippen LogP contribution in [0.1, 0.15) is 32.7 Å². The molecule has 1 aliphatic heterocycles. The lowest BCUT2D eigenvalue weighted by molar-refractivity contribution is -0.384. The average molecular weight is 701 g/mol. The van der Waals surface area contributed by atoms with Gasteiger partial charge in [0.1, 0.15) is 0 Å². The number of ketones is 1. The number of anilines is 1. The van der Waals surface area contributed by atoms with E-state index in [-0.39, 0.29) is 52.3 Å². The Morgan fingerprint density at radius 1 is 1.04 bits per heavy atom. The molecule has 10 nitrogen and oxygen atoms in total. The SMILES string of the molecule is Cc1c(Cl)c(Br)cc2c(C(=O)OCC(=O)c3cccc([N+](=O)[O-])c3)cc(-c3ccc(N4C(=O)C5C6C=CC(C6)C5C4=O)cc3)nc12. The van der Waals surface area contributed by atoms with Crippen LogP contribution in [0.4, 0.5) is 11.4 Å². The van der Waals surface area contributed by atoms with Crippen LogP contribution >= 0.6 is 27.5 Å². The van der Waals surface area contributed by atoms with Crippen molar-refractivity contribution in [1.82, 2.24) is 4.98 Å². The zero-order chi connectivity index (χ0) is 32.4. The van der Waals surface area contributed by atoms with Crippen LogP contribution in [-0.2, 0) is 14.3 Å². The molecule has 46 heavy (non-hydrogen) atoms. The molecule has 230 valence electrons. The highest BCUT2D eigenvalue weighted by Crippen LogP contribution is 2.53. The lowest BCUT2D eigenvalue weighted by atomic mass is 9.85. The Morgan fingerprint density at radius 2 is 1.72 bits per heavy atom. The van der Waals surface area contributed by atoms with Gasteiger partial charge < -0.3 is 4.74 Å². The molecule has 2 fully saturated rings. The van der Waals surface area contributed by atoms with E-state index in [1.807, 2.05) is 12.2 Å². The summed E-state index contributed by atoms with van der Waals surface area (Å²) in [5, 5.41) is 12.0. The minimum atomic E-state index is -0.805. The molecule has 7 rings (SSSR count). The van der Waals surface area contributed by atoms with E-state index in [9.17, 15) is 29.3 Å². The number of imide groups is 1. The summed E-state index contributed by atoms with van der Waals surface area (Å²) in [6.45, 7) is 1.12. The number of hydrogen-bond acceptors (Lipinski definition) is 8. The molecular weight excluding hydrogens is 678 g/mol. The normalized spacial score (nSPS) is 21.2. The van der Waals surface area contributed by atoms with Gasteiger partial charge in [-0.3, -0.25) is 29.4 Å². The number of amides is 2. The number of halogens is 2. The van der Waals surface area contributed by atoms with Gasteiger partial charge in [0.2, 0.25) is 17.6 Å². The van der Waals surface area contributed by atoms with Gasteiger partial charge in [0.05, 0.1) is 44.2 Å². The summed E-state index contributed by atoms with van der Waals surface area (Å²) in [6.07, 6.45) is 4.95. The molecule has 2 aliphatic carbocycles. The van der Waals surface area contributed by atoms with Crippen molar-refractivity contribution in [3.8, 4) is 11.3 Å². The summed E-state index contributed by atoms with van der Waals surface area (Å²) >= 11 is 9.93.